The summed E-state index contributed by atoms with van der Waals surface area (Å²) in [5.41, 5.74) is 0. The lowest BCUT2D eigenvalue weighted by atomic mass is 10.1. The van der Waals surface area contributed by atoms with Gasteiger partial charge in [-0.3, -0.25) is 4.79 Å². The molecule has 0 bridgehead atoms. The van der Waals surface area contributed by atoms with Crippen LogP contribution in [0.5, 0.6) is 5.75 Å². The normalized spacial score (nSPS) is 11.1. The number of para-hydroxylation sites is 1. The van der Waals surface area contributed by atoms with E-state index in [1.54, 1.807) is 11.9 Å². The van der Waals surface area contributed by atoms with Crippen LogP contribution in [0.1, 0.15) is 31.0 Å². The smallest absolute Gasteiger partial charge is 0.233 e. The Morgan fingerprint density at radius 1 is 1.23 bits per heavy atom. The van der Waals surface area contributed by atoms with Gasteiger partial charge in [0.15, 0.2) is 11.0 Å². The zero-order valence-corrected chi connectivity index (χ0v) is 20.3. The summed E-state index contributed by atoms with van der Waals surface area (Å²) in [6.07, 6.45) is 0.997. The Labute approximate surface area is 196 Å². The molecule has 0 fully saturated rings. The molecular formula is C22H27ClN4O2S2. The number of ether oxygens (including phenoxy) is 1. The summed E-state index contributed by atoms with van der Waals surface area (Å²) in [5, 5.41) is 9.41. The number of benzene rings is 1. The molecule has 0 N–H and O–H groups in total. The summed E-state index contributed by atoms with van der Waals surface area (Å²) in [4.78, 5) is 15.4. The standard InChI is InChI=1S/C22H27ClN4O2S2/c1-16(2)11-12-27-20(14-29-17-7-5-4-6-8-17)24-25-22(27)30-15-21(28)26(3)13-18-9-10-19(23)31-18/h4-10,16H,11-15H2,1-3H3. The minimum absolute atomic E-state index is 0.0371. The van der Waals surface area contributed by atoms with Gasteiger partial charge in [0.25, 0.3) is 0 Å². The molecule has 0 spiro atoms. The highest BCUT2D eigenvalue weighted by molar-refractivity contribution is 7.99. The minimum Gasteiger partial charge on any atom is -0.486 e. The Morgan fingerprint density at radius 2 is 2.00 bits per heavy atom. The van der Waals surface area contributed by atoms with Crippen LogP contribution < -0.4 is 4.74 Å². The number of hydrogen-bond acceptors (Lipinski definition) is 6. The first-order valence-electron chi connectivity index (χ1n) is 10.1. The maximum absolute atomic E-state index is 12.6. The molecule has 0 aliphatic carbocycles. The van der Waals surface area contributed by atoms with E-state index in [9.17, 15) is 4.79 Å². The first-order chi connectivity index (χ1) is 14.9. The highest BCUT2D eigenvalue weighted by Gasteiger charge is 2.17. The van der Waals surface area contributed by atoms with Crippen molar-refractivity contribution in [3.05, 3.63) is 57.5 Å². The van der Waals surface area contributed by atoms with Gasteiger partial charge in [-0.05, 0) is 36.6 Å². The third kappa shape index (κ3) is 7.26. The first kappa shape index (κ1) is 23.6. The van der Waals surface area contributed by atoms with Crippen LogP contribution in [0.3, 0.4) is 0 Å². The molecule has 6 nitrogen and oxygen atoms in total. The second-order valence-corrected chi connectivity index (χ2v) is 10.3. The Kier molecular flexibility index (Phi) is 8.80. The fourth-order valence-corrected chi connectivity index (χ4v) is 4.87. The molecule has 166 valence electrons. The molecule has 0 unspecified atom stereocenters. The van der Waals surface area contributed by atoms with Gasteiger partial charge in [-0.2, -0.15) is 0 Å². The molecule has 2 aromatic heterocycles. The number of thiophene rings is 1. The van der Waals surface area contributed by atoms with Crippen LogP contribution in [0, 0.1) is 5.92 Å². The van der Waals surface area contributed by atoms with Gasteiger partial charge in [0, 0.05) is 18.5 Å². The van der Waals surface area contributed by atoms with Crippen molar-refractivity contribution in [1.29, 1.82) is 0 Å². The quantitative estimate of drug-likeness (QED) is 0.347. The zero-order valence-electron chi connectivity index (χ0n) is 18.0. The second kappa shape index (κ2) is 11.5. The molecule has 2 heterocycles. The van der Waals surface area contributed by atoms with Crippen molar-refractivity contribution in [2.45, 2.75) is 45.1 Å². The number of hydrogen-bond donors (Lipinski definition) is 0. The monoisotopic (exact) mass is 478 g/mol. The molecule has 3 aromatic rings. The number of amides is 1. The SMILES string of the molecule is CC(C)CCn1c(COc2ccccc2)nnc1SCC(=O)N(C)Cc1ccc(Cl)s1. The average Bonchev–Trinajstić information content (AvgIpc) is 3.34. The molecular weight excluding hydrogens is 452 g/mol. The fraction of sp³-hybridized carbons (Fsp3) is 0.409. The van der Waals surface area contributed by atoms with E-state index in [2.05, 4.69) is 28.6 Å². The van der Waals surface area contributed by atoms with Gasteiger partial charge in [-0.1, -0.05) is 55.4 Å². The highest BCUT2D eigenvalue weighted by atomic mass is 35.5. The zero-order chi connectivity index (χ0) is 22.2. The van der Waals surface area contributed by atoms with Crippen molar-refractivity contribution < 1.29 is 9.53 Å². The van der Waals surface area contributed by atoms with Crippen LogP contribution >= 0.6 is 34.7 Å². The van der Waals surface area contributed by atoms with Gasteiger partial charge < -0.3 is 14.2 Å². The van der Waals surface area contributed by atoms with E-state index in [1.165, 1.54) is 23.1 Å². The number of halogens is 1. The van der Waals surface area contributed by atoms with Crippen molar-refractivity contribution in [3.8, 4) is 5.75 Å². The van der Waals surface area contributed by atoms with E-state index in [-0.39, 0.29) is 5.91 Å². The van der Waals surface area contributed by atoms with Gasteiger partial charge in [0.2, 0.25) is 5.91 Å². The lowest BCUT2D eigenvalue weighted by Crippen LogP contribution is -2.27. The topological polar surface area (TPSA) is 60.2 Å². The van der Waals surface area contributed by atoms with E-state index in [4.69, 9.17) is 16.3 Å². The van der Waals surface area contributed by atoms with E-state index in [0.29, 0.717) is 24.8 Å². The summed E-state index contributed by atoms with van der Waals surface area (Å²) >= 11 is 8.89. The number of thioether (sulfide) groups is 1. The summed E-state index contributed by atoms with van der Waals surface area (Å²) in [6, 6.07) is 13.5. The van der Waals surface area contributed by atoms with Gasteiger partial charge >= 0.3 is 0 Å². The van der Waals surface area contributed by atoms with Crippen molar-refractivity contribution in [2.75, 3.05) is 12.8 Å². The van der Waals surface area contributed by atoms with E-state index < -0.39 is 0 Å². The van der Waals surface area contributed by atoms with Crippen LogP contribution in [0.4, 0.5) is 0 Å². The van der Waals surface area contributed by atoms with E-state index in [1.807, 2.05) is 42.5 Å². The van der Waals surface area contributed by atoms with Gasteiger partial charge in [0.05, 0.1) is 16.6 Å². The number of aromatic nitrogens is 3. The molecule has 9 heteroatoms. The summed E-state index contributed by atoms with van der Waals surface area (Å²) in [6.45, 7) is 6.05. The largest absolute Gasteiger partial charge is 0.486 e. The summed E-state index contributed by atoms with van der Waals surface area (Å²) in [7, 11) is 1.80. The van der Waals surface area contributed by atoms with Gasteiger partial charge in [0.1, 0.15) is 12.4 Å². The molecule has 0 saturated heterocycles. The molecule has 1 amide bonds. The lowest BCUT2D eigenvalue weighted by molar-refractivity contribution is -0.127. The molecule has 0 aliphatic rings. The maximum Gasteiger partial charge on any atom is 0.233 e. The number of carbonyl (C=O) groups is 1. The minimum atomic E-state index is 0.0371. The molecule has 0 saturated carbocycles. The van der Waals surface area contributed by atoms with Crippen molar-refractivity contribution >= 4 is 40.6 Å². The second-order valence-electron chi connectivity index (χ2n) is 7.58. The Morgan fingerprint density at radius 3 is 2.68 bits per heavy atom. The van der Waals surface area contributed by atoms with Crippen molar-refractivity contribution in [3.63, 3.8) is 0 Å². The Bertz CT molecular complexity index is 975. The molecule has 0 aliphatic heterocycles. The summed E-state index contributed by atoms with van der Waals surface area (Å²) < 4.78 is 8.67. The predicted molar refractivity (Wildman–Crippen MR) is 127 cm³/mol. The Hall–Kier alpha value is -2.03. The number of carbonyl (C=O) groups excluding carboxylic acids is 1. The maximum atomic E-state index is 12.6. The molecule has 31 heavy (non-hydrogen) atoms. The molecule has 0 radical (unpaired) electrons. The van der Waals surface area contributed by atoms with Crippen LogP contribution in [0.15, 0.2) is 47.6 Å². The van der Waals surface area contributed by atoms with Gasteiger partial charge in [-0.15, -0.1) is 21.5 Å². The third-order valence-corrected chi connectivity index (χ3v) is 6.77. The van der Waals surface area contributed by atoms with Crippen LogP contribution in [-0.4, -0.2) is 38.4 Å². The average molecular weight is 479 g/mol. The Balaban J connectivity index is 1.62. The van der Waals surface area contributed by atoms with Crippen molar-refractivity contribution in [2.24, 2.45) is 5.92 Å². The first-order valence-corrected chi connectivity index (χ1v) is 12.3. The molecule has 0 atom stereocenters. The molecule has 1 aromatic carbocycles. The van der Waals surface area contributed by atoms with E-state index >= 15 is 0 Å². The lowest BCUT2D eigenvalue weighted by Gasteiger charge is -2.16. The number of rotatable bonds is 11. The predicted octanol–water partition coefficient (Wildman–Crippen LogP) is 5.37. The van der Waals surface area contributed by atoms with Crippen LogP contribution in [0.25, 0.3) is 0 Å². The van der Waals surface area contributed by atoms with E-state index in [0.717, 1.165) is 38.9 Å². The van der Waals surface area contributed by atoms with Gasteiger partial charge in [-0.25, -0.2) is 0 Å². The fourth-order valence-electron chi connectivity index (χ4n) is 2.80. The van der Waals surface area contributed by atoms with Crippen LogP contribution in [0.2, 0.25) is 4.34 Å². The van der Waals surface area contributed by atoms with Crippen LogP contribution in [-0.2, 0) is 24.5 Å². The summed E-state index contributed by atoms with van der Waals surface area (Å²) in [5.74, 6) is 2.44. The number of nitrogens with zero attached hydrogens (tertiary/aromatic N) is 4. The third-order valence-electron chi connectivity index (χ3n) is 4.61. The highest BCUT2D eigenvalue weighted by Crippen LogP contribution is 2.24. The molecule has 3 rings (SSSR count). The van der Waals surface area contributed by atoms with Crippen molar-refractivity contribution in [1.82, 2.24) is 19.7 Å².